The molecule has 2 amide bonds. The number of fused-ring (bicyclic) bond motifs is 1. The predicted octanol–water partition coefficient (Wildman–Crippen LogP) is 2.97. The molecule has 1 aromatic rings. The van der Waals surface area contributed by atoms with Gasteiger partial charge in [0.25, 0.3) is 11.8 Å². The number of benzene rings is 1. The van der Waals surface area contributed by atoms with Gasteiger partial charge in [0.1, 0.15) is 0 Å². The van der Waals surface area contributed by atoms with Crippen molar-refractivity contribution in [3.8, 4) is 0 Å². The SMILES string of the molecule is CC.CC(C)P.O=C1c2ccccc2C(=O)N1O. The van der Waals surface area contributed by atoms with Gasteiger partial charge >= 0.3 is 0 Å². The summed E-state index contributed by atoms with van der Waals surface area (Å²) in [6.45, 7) is 8.26. The van der Waals surface area contributed by atoms with Crippen LogP contribution in [0.5, 0.6) is 0 Å². The van der Waals surface area contributed by atoms with Crippen LogP contribution >= 0.6 is 9.24 Å². The fourth-order valence-electron chi connectivity index (χ4n) is 1.18. The van der Waals surface area contributed by atoms with Crippen molar-refractivity contribution in [3.05, 3.63) is 35.4 Å². The minimum absolute atomic E-state index is 0.130. The summed E-state index contributed by atoms with van der Waals surface area (Å²) in [5.41, 5.74) is 1.26. The molecular weight excluding hydrogens is 249 g/mol. The molecule has 2 rings (SSSR count). The lowest BCUT2D eigenvalue weighted by molar-refractivity contribution is -0.0327. The van der Waals surface area contributed by atoms with E-state index in [9.17, 15) is 9.59 Å². The van der Waals surface area contributed by atoms with Gasteiger partial charge in [0.2, 0.25) is 0 Å². The Labute approximate surface area is 110 Å². The highest BCUT2D eigenvalue weighted by Crippen LogP contribution is 2.19. The molecule has 0 saturated carbocycles. The third-order valence-electron chi connectivity index (χ3n) is 1.77. The number of amides is 2. The Morgan fingerprint density at radius 1 is 1.06 bits per heavy atom. The molecule has 1 aliphatic heterocycles. The Kier molecular flexibility index (Phi) is 7.41. The minimum atomic E-state index is -0.657. The van der Waals surface area contributed by atoms with Crippen molar-refractivity contribution in [1.82, 2.24) is 5.06 Å². The maximum Gasteiger partial charge on any atom is 0.285 e. The lowest BCUT2D eigenvalue weighted by Crippen LogP contribution is -2.25. The first kappa shape index (κ1) is 16.8. The van der Waals surface area contributed by atoms with E-state index in [4.69, 9.17) is 5.21 Å². The van der Waals surface area contributed by atoms with Gasteiger partial charge in [0.05, 0.1) is 11.1 Å². The first-order valence-corrected chi connectivity index (χ1v) is 6.54. The van der Waals surface area contributed by atoms with Crippen LogP contribution < -0.4 is 0 Å². The summed E-state index contributed by atoms with van der Waals surface area (Å²) in [7, 11) is 2.66. The van der Waals surface area contributed by atoms with Gasteiger partial charge < -0.3 is 0 Å². The van der Waals surface area contributed by atoms with Crippen molar-refractivity contribution in [1.29, 1.82) is 0 Å². The second kappa shape index (κ2) is 7.96. The number of hydrogen-bond acceptors (Lipinski definition) is 3. The molecule has 0 spiro atoms. The van der Waals surface area contributed by atoms with Crippen molar-refractivity contribution in [3.63, 3.8) is 0 Å². The maximum atomic E-state index is 11.1. The second-order valence-electron chi connectivity index (χ2n) is 3.71. The van der Waals surface area contributed by atoms with Gasteiger partial charge in [-0.15, -0.1) is 14.3 Å². The van der Waals surface area contributed by atoms with E-state index in [1.807, 2.05) is 13.8 Å². The van der Waals surface area contributed by atoms with Gasteiger partial charge in [0, 0.05) is 0 Å². The lowest BCUT2D eigenvalue weighted by Gasteiger charge is -1.99. The summed E-state index contributed by atoms with van der Waals surface area (Å²) in [5, 5.41) is 9.05. The van der Waals surface area contributed by atoms with Crippen molar-refractivity contribution in [2.75, 3.05) is 0 Å². The van der Waals surface area contributed by atoms with E-state index in [0.717, 1.165) is 5.66 Å². The molecule has 0 aromatic heterocycles. The highest BCUT2D eigenvalue weighted by atomic mass is 31.0. The summed E-state index contributed by atoms with van der Waals surface area (Å²) in [6.07, 6.45) is 0. The van der Waals surface area contributed by atoms with Crippen LogP contribution in [-0.2, 0) is 0 Å². The topological polar surface area (TPSA) is 57.6 Å². The molecule has 4 nitrogen and oxygen atoms in total. The molecule has 0 aliphatic carbocycles. The van der Waals surface area contributed by atoms with E-state index < -0.39 is 11.8 Å². The molecule has 0 bridgehead atoms. The zero-order valence-corrected chi connectivity index (χ0v) is 12.3. The van der Waals surface area contributed by atoms with Crippen molar-refractivity contribution in [2.45, 2.75) is 33.4 Å². The average molecular weight is 269 g/mol. The molecular formula is C13H20NO3P. The molecule has 0 radical (unpaired) electrons. The summed E-state index contributed by atoms with van der Waals surface area (Å²) < 4.78 is 0. The van der Waals surface area contributed by atoms with Crippen LogP contribution in [0.2, 0.25) is 0 Å². The van der Waals surface area contributed by atoms with Gasteiger partial charge in [-0.3, -0.25) is 14.8 Å². The molecule has 1 N–H and O–H groups in total. The normalized spacial score (nSPS) is 12.5. The van der Waals surface area contributed by atoms with E-state index in [2.05, 4.69) is 23.1 Å². The van der Waals surface area contributed by atoms with Crippen molar-refractivity contribution in [2.24, 2.45) is 0 Å². The third kappa shape index (κ3) is 4.21. The highest BCUT2D eigenvalue weighted by Gasteiger charge is 2.33. The van der Waals surface area contributed by atoms with E-state index in [1.54, 1.807) is 12.1 Å². The van der Waals surface area contributed by atoms with Crippen LogP contribution in [0.15, 0.2) is 24.3 Å². The number of imide groups is 1. The summed E-state index contributed by atoms with van der Waals surface area (Å²) in [6, 6.07) is 6.30. The quantitative estimate of drug-likeness (QED) is 0.447. The largest absolute Gasteiger partial charge is 0.285 e. The van der Waals surface area contributed by atoms with Gasteiger partial charge in [0.15, 0.2) is 0 Å². The van der Waals surface area contributed by atoms with Crippen LogP contribution in [0.1, 0.15) is 48.4 Å². The molecule has 1 unspecified atom stereocenters. The predicted molar refractivity (Wildman–Crippen MR) is 74.9 cm³/mol. The fraction of sp³-hybridized carbons (Fsp3) is 0.385. The number of carbonyl (C=O) groups is 2. The first-order valence-electron chi connectivity index (χ1n) is 5.87. The number of hydroxylamine groups is 2. The monoisotopic (exact) mass is 269 g/mol. The third-order valence-corrected chi connectivity index (χ3v) is 1.77. The van der Waals surface area contributed by atoms with Crippen LogP contribution in [0.3, 0.4) is 0 Å². The zero-order valence-electron chi connectivity index (χ0n) is 11.2. The molecule has 18 heavy (non-hydrogen) atoms. The smallest absolute Gasteiger partial charge is 0.278 e. The first-order chi connectivity index (χ1) is 8.45. The molecule has 1 heterocycles. The summed E-state index contributed by atoms with van der Waals surface area (Å²) in [5.74, 6) is -1.31. The van der Waals surface area contributed by atoms with E-state index >= 15 is 0 Å². The van der Waals surface area contributed by atoms with Crippen molar-refractivity contribution >= 4 is 21.1 Å². The van der Waals surface area contributed by atoms with E-state index in [0.29, 0.717) is 0 Å². The Morgan fingerprint density at radius 2 is 1.33 bits per heavy atom. The molecule has 1 aromatic carbocycles. The van der Waals surface area contributed by atoms with Crippen LogP contribution in [-0.4, -0.2) is 27.7 Å². The summed E-state index contributed by atoms with van der Waals surface area (Å²) in [4.78, 5) is 22.1. The van der Waals surface area contributed by atoms with E-state index in [1.165, 1.54) is 12.1 Å². The number of hydrogen-bond donors (Lipinski definition) is 1. The molecule has 0 fully saturated rings. The van der Waals surface area contributed by atoms with Crippen LogP contribution in [0, 0.1) is 0 Å². The number of nitrogens with zero attached hydrogens (tertiary/aromatic N) is 1. The van der Waals surface area contributed by atoms with Crippen molar-refractivity contribution < 1.29 is 14.8 Å². The molecule has 100 valence electrons. The zero-order chi connectivity index (χ0) is 14.3. The molecule has 5 heteroatoms. The Morgan fingerprint density at radius 3 is 1.61 bits per heavy atom. The van der Waals surface area contributed by atoms with Crippen LogP contribution in [0.4, 0.5) is 0 Å². The van der Waals surface area contributed by atoms with Crippen LogP contribution in [0.25, 0.3) is 0 Å². The Bertz CT molecular complexity index is 381. The number of rotatable bonds is 0. The highest BCUT2D eigenvalue weighted by molar-refractivity contribution is 7.17. The number of carbonyl (C=O) groups excluding carboxylic acids is 2. The van der Waals surface area contributed by atoms with Gasteiger partial charge in [-0.1, -0.05) is 39.8 Å². The Hall–Kier alpha value is -1.25. The molecule has 1 aliphatic rings. The fourth-order valence-corrected chi connectivity index (χ4v) is 1.18. The van der Waals surface area contributed by atoms with E-state index in [-0.39, 0.29) is 16.2 Å². The van der Waals surface area contributed by atoms with Gasteiger partial charge in [-0.25, -0.2) is 0 Å². The average Bonchev–Trinajstić information content (AvgIpc) is 2.57. The maximum absolute atomic E-state index is 11.1. The minimum Gasteiger partial charge on any atom is -0.278 e. The molecule has 0 saturated heterocycles. The van der Waals surface area contributed by atoms with Gasteiger partial charge in [-0.05, 0) is 17.8 Å². The lowest BCUT2D eigenvalue weighted by atomic mass is 10.1. The Balaban J connectivity index is 0.000000415. The van der Waals surface area contributed by atoms with Gasteiger partial charge in [-0.2, -0.15) is 0 Å². The summed E-state index contributed by atoms with van der Waals surface area (Å²) >= 11 is 0. The molecule has 1 atom stereocenters. The second-order valence-corrected chi connectivity index (χ2v) is 5.05. The standard InChI is InChI=1S/C8H5NO3.C3H9P.C2H6/c10-7-5-3-1-2-4-6(5)8(11)9(7)12;1-3(2)4;1-2/h1-4,12H;3H,4H2,1-2H3;1-2H3.